The van der Waals surface area contributed by atoms with E-state index in [0.717, 1.165) is 12.1 Å². The van der Waals surface area contributed by atoms with Crippen LogP contribution in [0.3, 0.4) is 0 Å². The minimum Gasteiger partial charge on any atom is -0.387 e. The summed E-state index contributed by atoms with van der Waals surface area (Å²) in [5.74, 6) is -0.724. The van der Waals surface area contributed by atoms with Crippen molar-refractivity contribution in [3.63, 3.8) is 0 Å². The highest BCUT2D eigenvalue weighted by atomic mass is 19.4. The fourth-order valence-corrected chi connectivity index (χ4v) is 1.93. The minimum absolute atomic E-state index is 0.0158. The Kier molecular flexibility index (Phi) is 4.85. The Morgan fingerprint density at radius 2 is 2.00 bits per heavy atom. The molecule has 1 aromatic heterocycles. The van der Waals surface area contributed by atoms with Gasteiger partial charge in [-0.3, -0.25) is 9.59 Å². The summed E-state index contributed by atoms with van der Waals surface area (Å²) in [4.78, 5) is 25.6. The van der Waals surface area contributed by atoms with E-state index in [1.807, 2.05) is 0 Å². The van der Waals surface area contributed by atoms with Crippen molar-refractivity contribution in [2.45, 2.75) is 12.3 Å². The number of carbonyl (C=O) groups is 1. The van der Waals surface area contributed by atoms with E-state index in [4.69, 9.17) is 0 Å². The van der Waals surface area contributed by atoms with Crippen molar-refractivity contribution >= 4 is 5.91 Å². The maximum absolute atomic E-state index is 12.6. The predicted octanol–water partition coefficient (Wildman–Crippen LogP) is 1.86. The van der Waals surface area contributed by atoms with E-state index in [1.165, 1.54) is 30.5 Å². The Balaban J connectivity index is 2.05. The van der Waals surface area contributed by atoms with Crippen molar-refractivity contribution in [2.75, 3.05) is 6.54 Å². The third kappa shape index (κ3) is 4.19. The molecule has 0 aliphatic carbocycles. The zero-order valence-corrected chi connectivity index (χ0v) is 11.7. The molecule has 5 nitrogen and oxygen atoms in total. The van der Waals surface area contributed by atoms with Crippen molar-refractivity contribution in [3.8, 4) is 0 Å². The number of rotatable bonds is 4. The highest BCUT2D eigenvalue weighted by Gasteiger charge is 2.30. The first-order chi connectivity index (χ1) is 10.8. The molecule has 0 spiro atoms. The molecule has 1 unspecified atom stereocenters. The molecule has 0 aliphatic rings. The van der Waals surface area contributed by atoms with Gasteiger partial charge >= 0.3 is 6.18 Å². The quantitative estimate of drug-likeness (QED) is 0.802. The van der Waals surface area contributed by atoms with Crippen molar-refractivity contribution in [3.05, 3.63) is 69.6 Å². The molecule has 8 heteroatoms. The zero-order chi connectivity index (χ0) is 17.0. The van der Waals surface area contributed by atoms with Crippen molar-refractivity contribution in [1.82, 2.24) is 10.3 Å². The number of aromatic amines is 1. The Labute approximate surface area is 128 Å². The van der Waals surface area contributed by atoms with E-state index < -0.39 is 29.3 Å². The lowest BCUT2D eigenvalue weighted by Crippen LogP contribution is -2.32. The number of halogens is 3. The van der Waals surface area contributed by atoms with E-state index in [2.05, 4.69) is 10.3 Å². The van der Waals surface area contributed by atoms with Crippen molar-refractivity contribution < 1.29 is 23.1 Å². The van der Waals surface area contributed by atoms with Gasteiger partial charge in [0.05, 0.1) is 11.7 Å². The molecule has 1 atom stereocenters. The van der Waals surface area contributed by atoms with Crippen LogP contribution < -0.4 is 10.9 Å². The Morgan fingerprint density at radius 3 is 2.65 bits per heavy atom. The molecule has 0 radical (unpaired) electrons. The average Bonchev–Trinajstić information content (AvgIpc) is 2.52. The number of hydrogen-bond donors (Lipinski definition) is 3. The molecule has 122 valence electrons. The van der Waals surface area contributed by atoms with Crippen molar-refractivity contribution in [1.29, 1.82) is 0 Å². The number of benzene rings is 1. The number of amides is 1. The molecule has 2 rings (SSSR count). The third-order valence-corrected chi connectivity index (χ3v) is 3.12. The molecule has 0 bridgehead atoms. The summed E-state index contributed by atoms with van der Waals surface area (Å²) in [5.41, 5.74) is -1.62. The molecule has 0 saturated carbocycles. The second-order valence-corrected chi connectivity index (χ2v) is 4.76. The van der Waals surface area contributed by atoms with E-state index in [0.29, 0.717) is 0 Å². The summed E-state index contributed by atoms with van der Waals surface area (Å²) in [6.45, 7) is -0.325. The molecule has 1 heterocycles. The van der Waals surface area contributed by atoms with Gasteiger partial charge in [-0.2, -0.15) is 13.2 Å². The summed E-state index contributed by atoms with van der Waals surface area (Å²) < 4.78 is 37.9. The fraction of sp³-hybridized carbons (Fsp3) is 0.200. The lowest BCUT2D eigenvalue weighted by Gasteiger charge is -2.14. The summed E-state index contributed by atoms with van der Waals surface area (Å²) in [6.07, 6.45) is -4.49. The van der Waals surface area contributed by atoms with Gasteiger partial charge in [0.15, 0.2) is 0 Å². The zero-order valence-electron chi connectivity index (χ0n) is 11.7. The number of alkyl halides is 3. The van der Waals surface area contributed by atoms with Gasteiger partial charge in [0.1, 0.15) is 5.56 Å². The van der Waals surface area contributed by atoms with Crippen LogP contribution in [0.15, 0.2) is 47.4 Å². The Hall–Kier alpha value is -2.61. The van der Waals surface area contributed by atoms with E-state index in [9.17, 15) is 27.9 Å². The number of aliphatic hydroxyl groups is 1. The van der Waals surface area contributed by atoms with Gasteiger partial charge < -0.3 is 15.4 Å². The van der Waals surface area contributed by atoms with Crippen LogP contribution in [0.4, 0.5) is 13.2 Å². The molecule has 0 aliphatic heterocycles. The first kappa shape index (κ1) is 16.8. The lowest BCUT2D eigenvalue weighted by atomic mass is 10.1. The van der Waals surface area contributed by atoms with Crippen LogP contribution in [0.2, 0.25) is 0 Å². The molecule has 2 aromatic rings. The van der Waals surface area contributed by atoms with Gasteiger partial charge in [-0.1, -0.05) is 12.1 Å². The SMILES string of the molecule is O=C(NCC(O)c1cccc(C(F)(F)F)c1)c1ccc[nH]c1=O. The number of hydrogen-bond acceptors (Lipinski definition) is 3. The third-order valence-electron chi connectivity index (χ3n) is 3.12. The number of nitrogens with one attached hydrogen (secondary N) is 2. The number of aliphatic hydroxyl groups excluding tert-OH is 1. The van der Waals surface area contributed by atoms with Gasteiger partial charge in [-0.15, -0.1) is 0 Å². The molecule has 0 fully saturated rings. The van der Waals surface area contributed by atoms with Crippen LogP contribution in [0, 0.1) is 0 Å². The highest BCUT2D eigenvalue weighted by molar-refractivity contribution is 5.93. The lowest BCUT2D eigenvalue weighted by molar-refractivity contribution is -0.137. The molecule has 0 saturated heterocycles. The molecule has 3 N–H and O–H groups in total. The largest absolute Gasteiger partial charge is 0.416 e. The van der Waals surface area contributed by atoms with Gasteiger partial charge in [-0.25, -0.2) is 0 Å². The van der Waals surface area contributed by atoms with Crippen molar-refractivity contribution in [2.24, 2.45) is 0 Å². The highest BCUT2D eigenvalue weighted by Crippen LogP contribution is 2.30. The van der Waals surface area contributed by atoms with Crippen LogP contribution in [0.5, 0.6) is 0 Å². The van der Waals surface area contributed by atoms with E-state index in [-0.39, 0.29) is 17.7 Å². The number of carbonyl (C=O) groups excluding carboxylic acids is 1. The normalized spacial score (nSPS) is 12.7. The summed E-state index contributed by atoms with van der Waals surface area (Å²) in [7, 11) is 0. The summed E-state index contributed by atoms with van der Waals surface area (Å²) in [6, 6.07) is 6.95. The van der Waals surface area contributed by atoms with Crippen LogP contribution in [0.1, 0.15) is 27.6 Å². The molecule has 1 aromatic carbocycles. The maximum atomic E-state index is 12.6. The van der Waals surface area contributed by atoms with Gasteiger partial charge in [0.2, 0.25) is 0 Å². The average molecular weight is 326 g/mol. The topological polar surface area (TPSA) is 82.2 Å². The van der Waals surface area contributed by atoms with Gasteiger partial charge in [0, 0.05) is 12.7 Å². The second-order valence-electron chi connectivity index (χ2n) is 4.76. The molecular formula is C15H13F3N2O3. The number of aromatic nitrogens is 1. The van der Waals surface area contributed by atoms with Crippen LogP contribution in [-0.2, 0) is 6.18 Å². The number of pyridine rings is 1. The second kappa shape index (κ2) is 6.66. The van der Waals surface area contributed by atoms with Crippen LogP contribution >= 0.6 is 0 Å². The van der Waals surface area contributed by atoms with E-state index >= 15 is 0 Å². The standard InChI is InChI=1S/C15H13F3N2O3/c16-15(17,18)10-4-1-3-9(7-10)12(21)8-20-14(23)11-5-2-6-19-13(11)22/h1-7,12,21H,8H2,(H,19,22)(H,20,23). The number of H-pyrrole nitrogens is 1. The summed E-state index contributed by atoms with van der Waals surface area (Å²) in [5, 5.41) is 12.2. The smallest absolute Gasteiger partial charge is 0.387 e. The fourth-order valence-electron chi connectivity index (χ4n) is 1.93. The molecular weight excluding hydrogens is 313 g/mol. The first-order valence-electron chi connectivity index (χ1n) is 6.60. The minimum atomic E-state index is -4.52. The van der Waals surface area contributed by atoms with E-state index in [1.54, 1.807) is 0 Å². The molecule has 1 amide bonds. The predicted molar refractivity (Wildman–Crippen MR) is 75.8 cm³/mol. The molecule has 23 heavy (non-hydrogen) atoms. The van der Waals surface area contributed by atoms with Crippen LogP contribution in [-0.4, -0.2) is 22.5 Å². The van der Waals surface area contributed by atoms with Gasteiger partial charge in [-0.05, 0) is 29.8 Å². The van der Waals surface area contributed by atoms with Gasteiger partial charge in [0.25, 0.3) is 11.5 Å². The summed E-state index contributed by atoms with van der Waals surface area (Å²) >= 11 is 0. The van der Waals surface area contributed by atoms with Crippen LogP contribution in [0.25, 0.3) is 0 Å². The monoisotopic (exact) mass is 326 g/mol. The Morgan fingerprint density at radius 1 is 1.26 bits per heavy atom. The first-order valence-corrected chi connectivity index (χ1v) is 6.60. The maximum Gasteiger partial charge on any atom is 0.416 e. The Bertz CT molecular complexity index is 756.